The van der Waals surface area contributed by atoms with Crippen LogP contribution in [0.2, 0.25) is 5.02 Å². The molecule has 0 atom stereocenters. The van der Waals surface area contributed by atoms with Gasteiger partial charge in [-0.15, -0.1) is 0 Å². The molecule has 0 aliphatic rings. The zero-order chi connectivity index (χ0) is 17.7. The molecule has 2 aromatic rings. The van der Waals surface area contributed by atoms with E-state index < -0.39 is 0 Å². The number of anilines is 1. The molecule has 5 nitrogen and oxygen atoms in total. The Balaban J connectivity index is 2.00. The third-order valence-corrected chi connectivity index (χ3v) is 3.97. The minimum atomic E-state index is -0.335. The van der Waals surface area contributed by atoms with Crippen molar-refractivity contribution < 1.29 is 14.3 Å². The number of carbonyl (C=O) groups is 2. The second kappa shape index (κ2) is 8.02. The maximum Gasteiger partial charge on any atom is 0.340 e. The van der Waals surface area contributed by atoms with Gasteiger partial charge < -0.3 is 15.0 Å². The Bertz CT molecular complexity index is 753. The molecule has 0 radical (unpaired) electrons. The number of hydrogen-bond donors (Lipinski definition) is 2. The monoisotopic (exact) mass is 348 g/mol. The molecule has 0 saturated carbocycles. The van der Waals surface area contributed by atoms with Crippen molar-refractivity contribution in [3.05, 3.63) is 51.8 Å². The Morgan fingerprint density at radius 3 is 2.71 bits per heavy atom. The van der Waals surface area contributed by atoms with E-state index in [1.807, 2.05) is 13.8 Å². The molecule has 24 heavy (non-hydrogen) atoms. The van der Waals surface area contributed by atoms with Gasteiger partial charge >= 0.3 is 5.97 Å². The van der Waals surface area contributed by atoms with Crippen LogP contribution < -0.4 is 5.32 Å². The van der Waals surface area contributed by atoms with Gasteiger partial charge in [-0.1, -0.05) is 17.7 Å². The number of rotatable bonds is 6. The summed E-state index contributed by atoms with van der Waals surface area (Å²) in [5.74, 6) is -0.444. The molecule has 1 heterocycles. The Labute approximate surface area is 146 Å². The van der Waals surface area contributed by atoms with Gasteiger partial charge in [0, 0.05) is 28.5 Å². The number of aromatic nitrogens is 1. The first-order valence-electron chi connectivity index (χ1n) is 7.83. The molecule has 0 bridgehead atoms. The van der Waals surface area contributed by atoms with Crippen molar-refractivity contribution in [3.8, 4) is 0 Å². The lowest BCUT2D eigenvalue weighted by Crippen LogP contribution is -2.12. The number of aromatic amines is 1. The number of H-pyrrole nitrogens is 1. The Morgan fingerprint density at radius 1 is 1.29 bits per heavy atom. The molecular weight excluding hydrogens is 328 g/mol. The van der Waals surface area contributed by atoms with Gasteiger partial charge in [-0.2, -0.15) is 0 Å². The number of halogens is 1. The summed E-state index contributed by atoms with van der Waals surface area (Å²) >= 11 is 5.90. The smallest absolute Gasteiger partial charge is 0.340 e. The highest BCUT2D eigenvalue weighted by Gasteiger charge is 2.19. The quantitative estimate of drug-likeness (QED) is 0.774. The van der Waals surface area contributed by atoms with Gasteiger partial charge in [-0.05, 0) is 51.0 Å². The molecule has 0 saturated heterocycles. The number of hydrogen-bond acceptors (Lipinski definition) is 3. The number of esters is 1. The van der Waals surface area contributed by atoms with Gasteiger partial charge in [0.25, 0.3) is 0 Å². The van der Waals surface area contributed by atoms with Crippen LogP contribution in [0.15, 0.2) is 24.3 Å². The molecule has 2 N–H and O–H groups in total. The van der Waals surface area contributed by atoms with E-state index in [1.54, 1.807) is 31.2 Å². The summed E-state index contributed by atoms with van der Waals surface area (Å²) < 4.78 is 5.07. The summed E-state index contributed by atoms with van der Waals surface area (Å²) in [5, 5.41) is 3.38. The van der Waals surface area contributed by atoms with Gasteiger partial charge in [-0.25, -0.2) is 4.79 Å². The zero-order valence-corrected chi connectivity index (χ0v) is 14.8. The summed E-state index contributed by atoms with van der Waals surface area (Å²) in [6.45, 7) is 5.80. The van der Waals surface area contributed by atoms with Crippen LogP contribution in [0, 0.1) is 13.8 Å². The fourth-order valence-electron chi connectivity index (χ4n) is 2.60. The zero-order valence-electron chi connectivity index (χ0n) is 14.0. The van der Waals surface area contributed by atoms with Crippen molar-refractivity contribution in [1.29, 1.82) is 0 Å². The first kappa shape index (κ1) is 18.1. The van der Waals surface area contributed by atoms with Gasteiger partial charge in [0.15, 0.2) is 0 Å². The maximum atomic E-state index is 12.1. The van der Waals surface area contributed by atoms with Crippen molar-refractivity contribution in [3.63, 3.8) is 0 Å². The predicted octanol–water partition coefficient (Wildman–Crippen LogP) is 4.03. The number of amides is 1. The minimum Gasteiger partial charge on any atom is -0.462 e. The third-order valence-electron chi connectivity index (χ3n) is 3.73. The van der Waals surface area contributed by atoms with Gasteiger partial charge in [-0.3, -0.25) is 4.79 Å². The van der Waals surface area contributed by atoms with Crippen LogP contribution in [0.1, 0.15) is 40.7 Å². The molecule has 0 aliphatic heterocycles. The number of nitrogens with one attached hydrogen (secondary N) is 2. The number of aryl methyl sites for hydroxylation is 2. The van der Waals surface area contributed by atoms with Crippen LogP contribution in [0.3, 0.4) is 0 Å². The summed E-state index contributed by atoms with van der Waals surface area (Å²) in [5.41, 5.74) is 3.69. The van der Waals surface area contributed by atoms with E-state index in [0.717, 1.165) is 17.0 Å². The van der Waals surface area contributed by atoms with Crippen LogP contribution in [0.25, 0.3) is 0 Å². The van der Waals surface area contributed by atoms with Crippen molar-refractivity contribution in [2.75, 3.05) is 11.9 Å². The molecule has 1 aromatic heterocycles. The van der Waals surface area contributed by atoms with Crippen molar-refractivity contribution in [1.82, 2.24) is 4.98 Å². The van der Waals surface area contributed by atoms with Crippen LogP contribution in [-0.4, -0.2) is 23.5 Å². The lowest BCUT2D eigenvalue weighted by atomic mass is 10.1. The van der Waals surface area contributed by atoms with Crippen molar-refractivity contribution >= 4 is 29.2 Å². The molecule has 0 fully saturated rings. The summed E-state index contributed by atoms with van der Waals surface area (Å²) in [6.07, 6.45) is 0.814. The summed E-state index contributed by atoms with van der Waals surface area (Å²) in [6, 6.07) is 7.01. The number of benzene rings is 1. The summed E-state index contributed by atoms with van der Waals surface area (Å²) in [4.78, 5) is 27.2. The fraction of sp³-hybridized carbons (Fsp3) is 0.333. The van der Waals surface area contributed by atoms with E-state index in [2.05, 4.69) is 10.3 Å². The van der Waals surface area contributed by atoms with Gasteiger partial charge in [0.05, 0.1) is 12.2 Å². The molecule has 2 rings (SSSR count). The highest BCUT2D eigenvalue weighted by atomic mass is 35.5. The topological polar surface area (TPSA) is 71.2 Å². The summed E-state index contributed by atoms with van der Waals surface area (Å²) in [7, 11) is 0. The van der Waals surface area contributed by atoms with E-state index >= 15 is 0 Å². The lowest BCUT2D eigenvalue weighted by Gasteiger charge is -2.06. The van der Waals surface area contributed by atoms with Crippen molar-refractivity contribution in [2.45, 2.75) is 33.6 Å². The Hall–Kier alpha value is -2.27. The maximum absolute atomic E-state index is 12.1. The molecule has 6 heteroatoms. The third kappa shape index (κ3) is 4.38. The minimum absolute atomic E-state index is 0.110. The SMILES string of the molecule is CCOC(=O)c1c(C)[nH]c(CCC(=O)Nc2cccc(Cl)c2)c1C. The number of ether oxygens (including phenoxy) is 1. The molecule has 1 aromatic carbocycles. The molecule has 1 amide bonds. The van der Waals surface area contributed by atoms with Crippen LogP contribution >= 0.6 is 11.6 Å². The first-order valence-corrected chi connectivity index (χ1v) is 8.20. The van der Waals surface area contributed by atoms with E-state index in [1.165, 1.54) is 0 Å². The molecule has 0 aliphatic carbocycles. The standard InChI is InChI=1S/C18H21ClN2O3/c1-4-24-18(23)17-11(2)15(20-12(17)3)8-9-16(22)21-14-7-5-6-13(19)10-14/h5-7,10,20H,4,8-9H2,1-3H3,(H,21,22). The lowest BCUT2D eigenvalue weighted by molar-refractivity contribution is -0.116. The normalized spacial score (nSPS) is 10.5. The van der Waals surface area contributed by atoms with Crippen LogP contribution in [0.4, 0.5) is 5.69 Å². The van der Waals surface area contributed by atoms with E-state index in [-0.39, 0.29) is 11.9 Å². The second-order valence-electron chi connectivity index (χ2n) is 5.51. The van der Waals surface area contributed by atoms with E-state index in [0.29, 0.717) is 35.7 Å². The first-order chi connectivity index (χ1) is 11.4. The molecule has 128 valence electrons. The Kier molecular flexibility index (Phi) is 6.04. The van der Waals surface area contributed by atoms with Crippen LogP contribution in [-0.2, 0) is 16.0 Å². The highest BCUT2D eigenvalue weighted by molar-refractivity contribution is 6.30. The highest BCUT2D eigenvalue weighted by Crippen LogP contribution is 2.21. The van der Waals surface area contributed by atoms with Gasteiger partial charge in [0.1, 0.15) is 0 Å². The largest absolute Gasteiger partial charge is 0.462 e. The molecule has 0 spiro atoms. The van der Waals surface area contributed by atoms with Gasteiger partial charge in [0.2, 0.25) is 5.91 Å². The molecule has 0 unspecified atom stereocenters. The van der Waals surface area contributed by atoms with E-state index in [4.69, 9.17) is 16.3 Å². The average molecular weight is 349 g/mol. The van der Waals surface area contributed by atoms with E-state index in [9.17, 15) is 9.59 Å². The van der Waals surface area contributed by atoms with Crippen molar-refractivity contribution in [2.24, 2.45) is 0 Å². The number of carbonyl (C=O) groups excluding carboxylic acids is 2. The second-order valence-corrected chi connectivity index (χ2v) is 5.94. The fourth-order valence-corrected chi connectivity index (χ4v) is 2.79. The Morgan fingerprint density at radius 2 is 2.04 bits per heavy atom. The average Bonchev–Trinajstić information content (AvgIpc) is 2.79. The molecular formula is C18H21ClN2O3. The van der Waals surface area contributed by atoms with Crippen LogP contribution in [0.5, 0.6) is 0 Å². The predicted molar refractivity (Wildman–Crippen MR) is 94.6 cm³/mol.